The summed E-state index contributed by atoms with van der Waals surface area (Å²) in [4.78, 5) is 39.8. The number of ketones is 1. The molecule has 4 fully saturated rings. The number of aldehydes is 1. The molecule has 6 nitrogen and oxygen atoms in total. The Morgan fingerprint density at radius 1 is 1.14 bits per heavy atom. The summed E-state index contributed by atoms with van der Waals surface area (Å²) in [6.45, 7) is 10.2. The average Bonchev–Trinajstić information content (AvgIpc) is 3.46. The number of allylic oxidation sites excluding steroid dienone is 3. The first kappa shape index (κ1) is 29.0. The van der Waals surface area contributed by atoms with Crippen LogP contribution >= 0.6 is 0 Å². The molecule has 7 rings (SSSR count). The third-order valence-corrected chi connectivity index (χ3v) is 12.8. The molecule has 0 radical (unpaired) electrons. The van der Waals surface area contributed by atoms with Gasteiger partial charge in [-0.3, -0.25) is 9.59 Å². The minimum atomic E-state index is -0.267. The largest absolute Gasteiger partial charge is 0.445 e. The van der Waals surface area contributed by atoms with Gasteiger partial charge in [-0.15, -0.1) is 0 Å². The molecule has 1 amide bonds. The molecule has 6 aliphatic rings. The lowest BCUT2D eigenvalue weighted by atomic mass is 9.53. The zero-order valence-electron chi connectivity index (χ0n) is 26.2. The molecule has 6 heteroatoms. The van der Waals surface area contributed by atoms with E-state index in [0.717, 1.165) is 56.8 Å². The van der Waals surface area contributed by atoms with Crippen molar-refractivity contribution in [2.75, 3.05) is 6.54 Å². The van der Waals surface area contributed by atoms with Crippen molar-refractivity contribution in [1.29, 1.82) is 0 Å². The fraction of sp³-hybridized carbons (Fsp3) is 0.649. The van der Waals surface area contributed by atoms with Crippen molar-refractivity contribution in [2.45, 2.75) is 103 Å². The maximum absolute atomic E-state index is 13.5. The van der Waals surface area contributed by atoms with Crippen molar-refractivity contribution in [3.8, 4) is 0 Å². The molecule has 1 aromatic carbocycles. The number of hydrogen-bond donors (Lipinski definition) is 0. The summed E-state index contributed by atoms with van der Waals surface area (Å²) in [5, 5.41) is 0. The number of fused-ring (bicyclic) bond motifs is 6. The topological polar surface area (TPSA) is 72.9 Å². The van der Waals surface area contributed by atoms with Crippen molar-refractivity contribution >= 4 is 18.2 Å². The Hall–Kier alpha value is -2.73. The Bertz CT molecular complexity index is 1370. The molecule has 0 bridgehead atoms. The second-order valence-electron chi connectivity index (χ2n) is 15.1. The fourth-order valence-corrected chi connectivity index (χ4v) is 10.7. The van der Waals surface area contributed by atoms with Crippen LogP contribution in [0.4, 0.5) is 4.79 Å². The van der Waals surface area contributed by atoms with Gasteiger partial charge in [-0.2, -0.15) is 0 Å². The minimum Gasteiger partial charge on any atom is -0.445 e. The van der Waals surface area contributed by atoms with Gasteiger partial charge in [-0.25, -0.2) is 4.79 Å². The number of nitrogens with zero attached hydrogens (tertiary/aromatic N) is 1. The molecule has 2 aliphatic heterocycles. The number of likely N-dealkylation sites (tertiary alicyclic amines) is 1. The van der Waals surface area contributed by atoms with Gasteiger partial charge in [0.1, 0.15) is 6.61 Å². The van der Waals surface area contributed by atoms with Crippen LogP contribution in [0.25, 0.3) is 0 Å². The van der Waals surface area contributed by atoms with Crippen LogP contribution in [-0.4, -0.2) is 47.4 Å². The third kappa shape index (κ3) is 4.65. The van der Waals surface area contributed by atoms with Crippen LogP contribution < -0.4 is 0 Å². The molecule has 0 aromatic heterocycles. The van der Waals surface area contributed by atoms with E-state index < -0.39 is 0 Å². The highest BCUT2D eigenvalue weighted by Gasteiger charge is 2.60. The van der Waals surface area contributed by atoms with Gasteiger partial charge < -0.3 is 14.4 Å². The second-order valence-corrected chi connectivity index (χ2v) is 15.1. The molecule has 2 heterocycles. The van der Waals surface area contributed by atoms with Gasteiger partial charge in [0.25, 0.3) is 0 Å². The number of carbonyl (C=O) groups excluding carboxylic acids is 3. The number of ether oxygens (including phenoxy) is 2. The summed E-state index contributed by atoms with van der Waals surface area (Å²) in [6.07, 6.45) is 10.5. The summed E-state index contributed by atoms with van der Waals surface area (Å²) in [6, 6.07) is 9.94. The first-order chi connectivity index (χ1) is 20.6. The van der Waals surface area contributed by atoms with E-state index in [4.69, 9.17) is 9.47 Å². The monoisotopic (exact) mass is 585 g/mol. The van der Waals surface area contributed by atoms with Gasteiger partial charge in [0.05, 0.1) is 23.3 Å². The molecule has 230 valence electrons. The van der Waals surface area contributed by atoms with Crippen LogP contribution in [0, 0.1) is 40.9 Å². The van der Waals surface area contributed by atoms with Gasteiger partial charge >= 0.3 is 6.09 Å². The van der Waals surface area contributed by atoms with Gasteiger partial charge in [0.2, 0.25) is 0 Å². The molecule has 43 heavy (non-hydrogen) atoms. The molecule has 0 N–H and O–H groups in total. The zero-order chi connectivity index (χ0) is 30.1. The van der Waals surface area contributed by atoms with Crippen LogP contribution in [0.15, 0.2) is 53.1 Å². The van der Waals surface area contributed by atoms with Crippen molar-refractivity contribution in [1.82, 2.24) is 4.90 Å². The Kier molecular flexibility index (Phi) is 7.23. The summed E-state index contributed by atoms with van der Waals surface area (Å²) >= 11 is 0. The highest BCUT2D eigenvalue weighted by atomic mass is 16.6. The van der Waals surface area contributed by atoms with Crippen LogP contribution in [0.3, 0.4) is 0 Å². The molecule has 1 aromatic rings. The molecule has 2 saturated carbocycles. The zero-order valence-corrected chi connectivity index (χ0v) is 26.2. The third-order valence-electron chi connectivity index (χ3n) is 12.8. The summed E-state index contributed by atoms with van der Waals surface area (Å²) in [7, 11) is 0. The first-order valence-corrected chi connectivity index (χ1v) is 16.7. The minimum absolute atomic E-state index is 0.0293. The van der Waals surface area contributed by atoms with E-state index in [1.807, 2.05) is 35.2 Å². The smallest absolute Gasteiger partial charge is 0.410 e. The van der Waals surface area contributed by atoms with E-state index in [1.165, 1.54) is 5.57 Å². The van der Waals surface area contributed by atoms with Gasteiger partial charge in [-0.05, 0) is 92.4 Å². The number of piperidine rings is 1. The first-order valence-electron chi connectivity index (χ1n) is 16.7. The number of Topliss-reactive ketones (excluding diaryl/α,β-unsaturated/α-hetero) is 1. The molecular formula is C37H47NO5. The van der Waals surface area contributed by atoms with E-state index in [9.17, 15) is 14.4 Å². The predicted octanol–water partition coefficient (Wildman–Crippen LogP) is 7.07. The van der Waals surface area contributed by atoms with Crippen molar-refractivity contribution in [3.05, 3.63) is 58.7 Å². The van der Waals surface area contributed by atoms with E-state index in [2.05, 4.69) is 33.8 Å². The predicted molar refractivity (Wildman–Crippen MR) is 164 cm³/mol. The summed E-state index contributed by atoms with van der Waals surface area (Å²) < 4.78 is 13.0. The van der Waals surface area contributed by atoms with Crippen molar-refractivity contribution < 1.29 is 23.9 Å². The SMILES string of the molecule is CC1=C2C[C@H]3[C@@H](CC[C@@H]4CC(=O)C(C=O)=C[C@@]43C)[C@@H]2CC[C@@]2(C1)O[C@@H]1C[C@H](C)CN(C(=O)OCc3ccccc3)[C@H]1[C@H]2C. The Labute approximate surface area is 256 Å². The Balaban J connectivity index is 1.13. The van der Waals surface area contributed by atoms with E-state index in [0.29, 0.717) is 48.1 Å². The maximum Gasteiger partial charge on any atom is 0.410 e. The van der Waals surface area contributed by atoms with Gasteiger partial charge in [0.15, 0.2) is 12.1 Å². The van der Waals surface area contributed by atoms with E-state index >= 15 is 0 Å². The lowest BCUT2D eigenvalue weighted by Crippen LogP contribution is -2.54. The van der Waals surface area contributed by atoms with Crippen molar-refractivity contribution in [2.24, 2.45) is 40.9 Å². The number of carbonyl (C=O) groups is 3. The van der Waals surface area contributed by atoms with Crippen LogP contribution in [0.5, 0.6) is 0 Å². The molecule has 0 unspecified atom stereocenters. The molecule has 4 aliphatic carbocycles. The quantitative estimate of drug-likeness (QED) is 0.215. The van der Waals surface area contributed by atoms with E-state index in [1.54, 1.807) is 5.57 Å². The summed E-state index contributed by atoms with van der Waals surface area (Å²) in [5.74, 6) is 2.56. The number of hydrogen-bond acceptors (Lipinski definition) is 5. The van der Waals surface area contributed by atoms with E-state index in [-0.39, 0.29) is 47.6 Å². The lowest BCUT2D eigenvalue weighted by molar-refractivity contribution is -0.121. The highest BCUT2D eigenvalue weighted by Crippen LogP contribution is 2.64. The van der Waals surface area contributed by atoms with Crippen molar-refractivity contribution in [3.63, 3.8) is 0 Å². The Morgan fingerprint density at radius 3 is 2.70 bits per heavy atom. The molecule has 2 saturated heterocycles. The normalized spacial score (nSPS) is 42.0. The summed E-state index contributed by atoms with van der Waals surface area (Å²) in [5.41, 5.74) is 4.13. The second kappa shape index (κ2) is 10.7. The molecule has 1 spiro atoms. The standard InChI is InChI=1S/C37H47NO5/c1-22-14-33-34(38(19-22)35(41)42-21-25-8-6-5-7-9-25)24(3)37(43-33)13-12-28-29-11-10-27-15-32(40)26(20-39)18-36(27,4)31(29)16-30(28)23(2)17-37/h5-9,18,20,22,24,27-29,31,33-34H,10-17,19,21H2,1-4H3/t22-,24+,27+,28-,29-,31-,33+,34-,36-,37-/m0/s1. The average molecular weight is 586 g/mol. The van der Waals surface area contributed by atoms with Gasteiger partial charge in [-0.1, -0.05) is 68.3 Å². The van der Waals surface area contributed by atoms with Crippen LogP contribution in [0.2, 0.25) is 0 Å². The Morgan fingerprint density at radius 2 is 1.93 bits per heavy atom. The van der Waals surface area contributed by atoms with Gasteiger partial charge in [0, 0.05) is 18.9 Å². The fourth-order valence-electron chi connectivity index (χ4n) is 10.7. The van der Waals surface area contributed by atoms with Crippen LogP contribution in [0.1, 0.15) is 84.6 Å². The molecule has 10 atom stereocenters. The maximum atomic E-state index is 13.5. The number of rotatable bonds is 3. The number of benzene rings is 1. The van der Waals surface area contributed by atoms with Crippen LogP contribution in [-0.2, 0) is 25.7 Å². The lowest BCUT2D eigenvalue weighted by Gasteiger charge is -2.50. The molecular weight excluding hydrogens is 538 g/mol. The number of amides is 1. The highest BCUT2D eigenvalue weighted by molar-refractivity contribution is 6.12.